The Balaban J connectivity index is 2.85. The lowest BCUT2D eigenvalue weighted by Gasteiger charge is -2.02. The number of carboxylic acids is 1. The molecule has 15 heavy (non-hydrogen) atoms. The molecule has 5 nitrogen and oxygen atoms in total. The highest BCUT2D eigenvalue weighted by Crippen LogP contribution is 2.26. The van der Waals surface area contributed by atoms with Gasteiger partial charge in [-0.15, -0.1) is 0 Å². The first-order valence-corrected chi connectivity index (χ1v) is 4.36. The molecule has 2 rings (SSSR count). The standard InChI is InChI=1S/C9H5ClN2O3/c10-7-4-2-1-3-5(13)6(4)11-8(12-7)9(14)15/h1-3,13H,(H,14,15). The van der Waals surface area contributed by atoms with Gasteiger partial charge in [-0.25, -0.2) is 14.8 Å². The van der Waals surface area contributed by atoms with Crippen molar-refractivity contribution >= 4 is 28.5 Å². The van der Waals surface area contributed by atoms with Crippen LogP contribution in [0, 0.1) is 0 Å². The molecular formula is C9H5ClN2O3. The Morgan fingerprint density at radius 3 is 2.73 bits per heavy atom. The number of carboxylic acid groups (broad SMARTS) is 1. The largest absolute Gasteiger partial charge is 0.506 e. The maximum Gasteiger partial charge on any atom is 0.374 e. The van der Waals surface area contributed by atoms with E-state index in [2.05, 4.69) is 9.97 Å². The normalized spacial score (nSPS) is 10.5. The van der Waals surface area contributed by atoms with Gasteiger partial charge in [-0.2, -0.15) is 0 Å². The van der Waals surface area contributed by atoms with Crippen LogP contribution >= 0.6 is 11.6 Å². The number of aromatic hydroxyl groups is 1. The molecule has 0 aliphatic rings. The van der Waals surface area contributed by atoms with Gasteiger partial charge in [0.1, 0.15) is 16.4 Å². The van der Waals surface area contributed by atoms with Crippen molar-refractivity contribution in [2.45, 2.75) is 0 Å². The van der Waals surface area contributed by atoms with Gasteiger partial charge in [-0.05, 0) is 12.1 Å². The summed E-state index contributed by atoms with van der Waals surface area (Å²) in [4.78, 5) is 17.9. The molecule has 0 aliphatic heterocycles. The van der Waals surface area contributed by atoms with Crippen LogP contribution in [0.3, 0.4) is 0 Å². The van der Waals surface area contributed by atoms with Gasteiger partial charge >= 0.3 is 5.97 Å². The van der Waals surface area contributed by atoms with E-state index in [-0.39, 0.29) is 16.4 Å². The van der Waals surface area contributed by atoms with Gasteiger partial charge in [0.05, 0.1) is 0 Å². The number of para-hydroxylation sites is 1. The zero-order chi connectivity index (χ0) is 11.0. The molecule has 0 radical (unpaired) electrons. The van der Waals surface area contributed by atoms with Gasteiger partial charge in [0.25, 0.3) is 0 Å². The lowest BCUT2D eigenvalue weighted by atomic mass is 10.2. The molecule has 0 fully saturated rings. The average Bonchev–Trinajstić information content (AvgIpc) is 2.19. The fourth-order valence-corrected chi connectivity index (χ4v) is 1.43. The minimum atomic E-state index is -1.29. The van der Waals surface area contributed by atoms with Crippen LogP contribution in [0.25, 0.3) is 10.9 Å². The van der Waals surface area contributed by atoms with Gasteiger partial charge in [0.2, 0.25) is 5.82 Å². The maximum absolute atomic E-state index is 10.6. The highest BCUT2D eigenvalue weighted by atomic mass is 35.5. The van der Waals surface area contributed by atoms with Crippen LogP contribution in [0.15, 0.2) is 18.2 Å². The van der Waals surface area contributed by atoms with Crippen molar-refractivity contribution in [3.63, 3.8) is 0 Å². The van der Waals surface area contributed by atoms with E-state index in [1.165, 1.54) is 6.07 Å². The third kappa shape index (κ3) is 1.57. The van der Waals surface area contributed by atoms with Crippen LogP contribution in [0.1, 0.15) is 10.6 Å². The Bertz CT molecular complexity index is 556. The van der Waals surface area contributed by atoms with E-state index in [4.69, 9.17) is 16.7 Å². The zero-order valence-corrected chi connectivity index (χ0v) is 8.06. The quantitative estimate of drug-likeness (QED) is 0.720. The molecule has 6 heteroatoms. The number of halogens is 1. The predicted molar refractivity (Wildman–Crippen MR) is 53.2 cm³/mol. The third-order valence-electron chi connectivity index (χ3n) is 1.85. The van der Waals surface area contributed by atoms with Crippen molar-refractivity contribution in [3.05, 3.63) is 29.2 Å². The molecule has 0 atom stereocenters. The summed E-state index contributed by atoms with van der Waals surface area (Å²) in [6, 6.07) is 4.58. The Morgan fingerprint density at radius 1 is 1.33 bits per heavy atom. The summed E-state index contributed by atoms with van der Waals surface area (Å²) in [6.07, 6.45) is 0. The summed E-state index contributed by atoms with van der Waals surface area (Å²) < 4.78 is 0. The molecule has 1 aromatic heterocycles. The molecule has 0 unspecified atom stereocenters. The second kappa shape index (κ2) is 3.36. The van der Waals surface area contributed by atoms with Crippen LogP contribution in [0.5, 0.6) is 5.75 Å². The second-order valence-electron chi connectivity index (χ2n) is 2.82. The summed E-state index contributed by atoms with van der Waals surface area (Å²) in [6.45, 7) is 0. The molecule has 2 aromatic rings. The minimum absolute atomic E-state index is 0.00769. The van der Waals surface area contributed by atoms with Gasteiger partial charge in [0.15, 0.2) is 0 Å². The first-order chi connectivity index (χ1) is 7.09. The van der Waals surface area contributed by atoms with Gasteiger partial charge < -0.3 is 10.2 Å². The first-order valence-electron chi connectivity index (χ1n) is 3.98. The van der Waals surface area contributed by atoms with Crippen molar-refractivity contribution in [3.8, 4) is 5.75 Å². The molecule has 0 amide bonds. The number of aromatic carboxylic acids is 1. The molecule has 76 valence electrons. The lowest BCUT2D eigenvalue weighted by Crippen LogP contribution is -2.04. The monoisotopic (exact) mass is 224 g/mol. The van der Waals surface area contributed by atoms with E-state index in [1.54, 1.807) is 12.1 Å². The highest BCUT2D eigenvalue weighted by Gasteiger charge is 2.13. The predicted octanol–water partition coefficient (Wildman–Crippen LogP) is 1.69. The van der Waals surface area contributed by atoms with E-state index in [0.717, 1.165) is 0 Å². The molecule has 0 saturated carbocycles. The number of fused-ring (bicyclic) bond motifs is 1. The SMILES string of the molecule is O=C(O)c1nc(Cl)c2cccc(O)c2n1. The summed E-state index contributed by atoms with van der Waals surface area (Å²) in [5.41, 5.74) is 0.134. The number of aromatic nitrogens is 2. The summed E-state index contributed by atoms with van der Waals surface area (Å²) in [5, 5.41) is 18.6. The van der Waals surface area contributed by atoms with Crippen LogP contribution < -0.4 is 0 Å². The topological polar surface area (TPSA) is 83.3 Å². The van der Waals surface area contributed by atoms with Crippen LogP contribution in [-0.2, 0) is 0 Å². The molecule has 0 aliphatic carbocycles. The van der Waals surface area contributed by atoms with Crippen molar-refractivity contribution < 1.29 is 15.0 Å². The van der Waals surface area contributed by atoms with Gasteiger partial charge in [0, 0.05) is 5.39 Å². The highest BCUT2D eigenvalue weighted by molar-refractivity contribution is 6.34. The zero-order valence-electron chi connectivity index (χ0n) is 7.31. The van der Waals surface area contributed by atoms with Gasteiger partial charge in [-0.3, -0.25) is 0 Å². The van der Waals surface area contributed by atoms with Crippen molar-refractivity contribution in [2.24, 2.45) is 0 Å². The number of hydrogen-bond donors (Lipinski definition) is 2. The average molecular weight is 225 g/mol. The number of benzene rings is 1. The molecule has 1 aromatic carbocycles. The Hall–Kier alpha value is -1.88. The third-order valence-corrected chi connectivity index (χ3v) is 2.14. The number of nitrogens with zero attached hydrogens (tertiary/aromatic N) is 2. The van der Waals surface area contributed by atoms with Crippen molar-refractivity contribution in [2.75, 3.05) is 0 Å². The Morgan fingerprint density at radius 2 is 2.07 bits per heavy atom. The van der Waals surface area contributed by atoms with E-state index in [1.807, 2.05) is 0 Å². The number of phenols is 1. The second-order valence-corrected chi connectivity index (χ2v) is 3.17. The van der Waals surface area contributed by atoms with E-state index in [0.29, 0.717) is 5.39 Å². The van der Waals surface area contributed by atoms with E-state index in [9.17, 15) is 9.90 Å². The first kappa shape index (κ1) is 9.67. The molecule has 2 N–H and O–H groups in total. The van der Waals surface area contributed by atoms with Crippen LogP contribution in [0.2, 0.25) is 5.15 Å². The fraction of sp³-hybridized carbons (Fsp3) is 0. The molecule has 1 heterocycles. The summed E-state index contributed by atoms with van der Waals surface area (Å²) in [5.74, 6) is -1.85. The van der Waals surface area contributed by atoms with Crippen molar-refractivity contribution in [1.29, 1.82) is 0 Å². The lowest BCUT2D eigenvalue weighted by molar-refractivity contribution is 0.0684. The molecule has 0 bridgehead atoms. The van der Waals surface area contributed by atoms with Crippen LogP contribution in [-0.4, -0.2) is 26.2 Å². The van der Waals surface area contributed by atoms with Crippen LogP contribution in [0.4, 0.5) is 0 Å². The molecule has 0 saturated heterocycles. The molecule has 0 spiro atoms. The number of rotatable bonds is 1. The van der Waals surface area contributed by atoms with E-state index < -0.39 is 11.8 Å². The van der Waals surface area contributed by atoms with E-state index >= 15 is 0 Å². The summed E-state index contributed by atoms with van der Waals surface area (Å²) >= 11 is 5.75. The number of phenolic OH excluding ortho intramolecular Hbond substituents is 1. The number of hydrogen-bond acceptors (Lipinski definition) is 4. The summed E-state index contributed by atoms with van der Waals surface area (Å²) in [7, 11) is 0. The maximum atomic E-state index is 10.6. The fourth-order valence-electron chi connectivity index (χ4n) is 1.20. The minimum Gasteiger partial charge on any atom is -0.506 e. The number of carbonyl (C=O) groups is 1. The Labute approximate surface area is 89.0 Å². The molecular weight excluding hydrogens is 220 g/mol. The smallest absolute Gasteiger partial charge is 0.374 e. The van der Waals surface area contributed by atoms with Gasteiger partial charge in [-0.1, -0.05) is 17.7 Å². The Kier molecular flexibility index (Phi) is 2.17. The van der Waals surface area contributed by atoms with Crippen molar-refractivity contribution in [1.82, 2.24) is 9.97 Å².